The molecule has 0 spiro atoms. The molecular formula is C13H15ClF2N2O. The van der Waals surface area contributed by atoms with E-state index in [4.69, 9.17) is 11.6 Å². The molecule has 0 saturated carbocycles. The van der Waals surface area contributed by atoms with Crippen LogP contribution in [0.2, 0.25) is 5.02 Å². The molecule has 0 bridgehead atoms. The van der Waals surface area contributed by atoms with Gasteiger partial charge in [0.2, 0.25) is 0 Å². The molecule has 1 heterocycles. The summed E-state index contributed by atoms with van der Waals surface area (Å²) < 4.78 is 26.2. The summed E-state index contributed by atoms with van der Waals surface area (Å²) in [5.41, 5.74) is 0.0114. The monoisotopic (exact) mass is 288 g/mol. The summed E-state index contributed by atoms with van der Waals surface area (Å²) >= 11 is 5.82. The van der Waals surface area contributed by atoms with Crippen molar-refractivity contribution in [3.05, 3.63) is 34.4 Å². The molecule has 0 aromatic heterocycles. The van der Waals surface area contributed by atoms with Crippen molar-refractivity contribution >= 4 is 17.5 Å². The lowest BCUT2D eigenvalue weighted by Gasteiger charge is -2.32. The minimum atomic E-state index is -1.06. The normalized spacial score (nSPS) is 19.6. The number of benzene rings is 1. The Hall–Kier alpha value is -1.20. The number of likely N-dealkylation sites (N-methyl/N-ethyl adjacent to an activating group) is 1. The van der Waals surface area contributed by atoms with Crippen molar-refractivity contribution in [3.8, 4) is 0 Å². The van der Waals surface area contributed by atoms with Crippen LogP contribution in [0.25, 0.3) is 0 Å². The van der Waals surface area contributed by atoms with Crippen LogP contribution in [0.1, 0.15) is 23.2 Å². The predicted octanol–water partition coefficient (Wildman–Crippen LogP) is 2.44. The third-order valence-corrected chi connectivity index (χ3v) is 3.67. The fourth-order valence-electron chi connectivity index (χ4n) is 2.25. The van der Waals surface area contributed by atoms with E-state index in [9.17, 15) is 13.6 Å². The quantitative estimate of drug-likeness (QED) is 0.848. The number of carbonyl (C=O) groups is 1. The first-order valence-corrected chi connectivity index (χ1v) is 6.51. The van der Waals surface area contributed by atoms with Gasteiger partial charge in [0, 0.05) is 19.1 Å². The van der Waals surface area contributed by atoms with Crippen molar-refractivity contribution < 1.29 is 13.6 Å². The molecule has 1 aliphatic heterocycles. The number of carbonyl (C=O) groups excluding carboxylic acids is 1. The number of hydrogen-bond donors (Lipinski definition) is 1. The molecule has 1 atom stereocenters. The maximum Gasteiger partial charge on any atom is 0.255 e. The molecule has 1 saturated heterocycles. The zero-order valence-corrected chi connectivity index (χ0v) is 11.3. The average molecular weight is 289 g/mol. The van der Waals surface area contributed by atoms with Gasteiger partial charge in [-0.05, 0) is 32.0 Å². The summed E-state index contributed by atoms with van der Waals surface area (Å²) in [5.74, 6) is -2.47. The Morgan fingerprint density at radius 3 is 2.79 bits per heavy atom. The SMILES string of the molecule is CNC1CCCN(C(=O)c2cc(F)c(F)cc2Cl)C1. The molecule has 1 unspecified atom stereocenters. The predicted molar refractivity (Wildman–Crippen MR) is 69.4 cm³/mol. The lowest BCUT2D eigenvalue weighted by atomic mass is 10.0. The van der Waals surface area contributed by atoms with Gasteiger partial charge < -0.3 is 10.2 Å². The lowest BCUT2D eigenvalue weighted by Crippen LogP contribution is -2.47. The highest BCUT2D eigenvalue weighted by molar-refractivity contribution is 6.33. The Morgan fingerprint density at radius 2 is 2.11 bits per heavy atom. The molecule has 104 valence electrons. The Kier molecular flexibility index (Phi) is 4.37. The Balaban J connectivity index is 2.22. The van der Waals surface area contributed by atoms with Crippen LogP contribution in [0, 0.1) is 11.6 Å². The van der Waals surface area contributed by atoms with E-state index in [1.807, 2.05) is 7.05 Å². The summed E-state index contributed by atoms with van der Waals surface area (Å²) in [7, 11) is 1.84. The highest BCUT2D eigenvalue weighted by atomic mass is 35.5. The van der Waals surface area contributed by atoms with Crippen LogP contribution in [0.5, 0.6) is 0 Å². The fourth-order valence-corrected chi connectivity index (χ4v) is 2.49. The van der Waals surface area contributed by atoms with Gasteiger partial charge in [0.1, 0.15) is 0 Å². The van der Waals surface area contributed by atoms with Gasteiger partial charge in [-0.3, -0.25) is 4.79 Å². The van der Waals surface area contributed by atoms with Gasteiger partial charge in [0.25, 0.3) is 5.91 Å². The first kappa shape index (κ1) is 14.2. The van der Waals surface area contributed by atoms with Gasteiger partial charge in [-0.1, -0.05) is 11.6 Å². The topological polar surface area (TPSA) is 32.3 Å². The third-order valence-electron chi connectivity index (χ3n) is 3.36. The number of nitrogens with zero attached hydrogens (tertiary/aromatic N) is 1. The first-order chi connectivity index (χ1) is 9.02. The smallest absolute Gasteiger partial charge is 0.255 e. The number of rotatable bonds is 2. The number of likely N-dealkylation sites (tertiary alicyclic amines) is 1. The standard InChI is InChI=1S/C13H15ClF2N2O/c1-17-8-3-2-4-18(7-8)13(19)9-5-11(15)12(16)6-10(9)14/h5-6,8,17H,2-4,7H2,1H3. The van der Waals surface area contributed by atoms with E-state index in [0.717, 1.165) is 25.0 Å². The van der Waals surface area contributed by atoms with Crippen LogP contribution in [-0.2, 0) is 0 Å². The molecule has 0 radical (unpaired) electrons. The van der Waals surface area contributed by atoms with E-state index < -0.39 is 11.6 Å². The summed E-state index contributed by atoms with van der Waals surface area (Å²) in [5, 5.41) is 3.05. The van der Waals surface area contributed by atoms with E-state index in [1.54, 1.807) is 4.90 Å². The molecule has 1 fully saturated rings. The number of hydrogen-bond acceptors (Lipinski definition) is 2. The number of halogens is 3. The van der Waals surface area contributed by atoms with Gasteiger partial charge in [0.15, 0.2) is 11.6 Å². The summed E-state index contributed by atoms with van der Waals surface area (Å²) in [6, 6.07) is 1.92. The fraction of sp³-hybridized carbons (Fsp3) is 0.462. The van der Waals surface area contributed by atoms with E-state index in [1.165, 1.54) is 0 Å². The maximum atomic E-state index is 13.2. The highest BCUT2D eigenvalue weighted by Gasteiger charge is 2.25. The van der Waals surface area contributed by atoms with Gasteiger partial charge in [-0.2, -0.15) is 0 Å². The number of nitrogens with one attached hydrogen (secondary N) is 1. The van der Waals surface area contributed by atoms with Gasteiger partial charge in [-0.15, -0.1) is 0 Å². The van der Waals surface area contributed by atoms with Crippen LogP contribution >= 0.6 is 11.6 Å². The van der Waals surface area contributed by atoms with Crippen molar-refractivity contribution in [3.63, 3.8) is 0 Å². The van der Waals surface area contributed by atoms with Crippen molar-refractivity contribution in [1.29, 1.82) is 0 Å². The van der Waals surface area contributed by atoms with E-state index >= 15 is 0 Å². The number of piperidine rings is 1. The Bertz CT molecular complexity index is 496. The molecule has 1 aromatic rings. The second-order valence-electron chi connectivity index (χ2n) is 4.63. The molecule has 3 nitrogen and oxygen atoms in total. The first-order valence-electron chi connectivity index (χ1n) is 6.14. The molecular weight excluding hydrogens is 274 g/mol. The molecule has 19 heavy (non-hydrogen) atoms. The molecule has 6 heteroatoms. The van der Waals surface area contributed by atoms with Crippen molar-refractivity contribution in [1.82, 2.24) is 10.2 Å². The highest BCUT2D eigenvalue weighted by Crippen LogP contribution is 2.23. The summed E-state index contributed by atoms with van der Waals surface area (Å²) in [6.45, 7) is 1.15. The molecule has 1 aromatic carbocycles. The summed E-state index contributed by atoms with van der Waals surface area (Å²) in [4.78, 5) is 13.9. The van der Waals surface area contributed by atoms with Crippen LogP contribution in [0.3, 0.4) is 0 Å². The van der Waals surface area contributed by atoms with Gasteiger partial charge >= 0.3 is 0 Å². The second-order valence-corrected chi connectivity index (χ2v) is 5.03. The Morgan fingerprint density at radius 1 is 1.42 bits per heavy atom. The lowest BCUT2D eigenvalue weighted by molar-refractivity contribution is 0.0698. The summed E-state index contributed by atoms with van der Waals surface area (Å²) in [6.07, 6.45) is 1.87. The molecule has 2 rings (SSSR count). The molecule has 1 amide bonds. The average Bonchev–Trinajstić information content (AvgIpc) is 2.42. The van der Waals surface area contributed by atoms with E-state index in [0.29, 0.717) is 13.1 Å². The van der Waals surface area contributed by atoms with Crippen LogP contribution in [0.4, 0.5) is 8.78 Å². The molecule has 0 aliphatic carbocycles. The van der Waals surface area contributed by atoms with Crippen molar-refractivity contribution in [2.75, 3.05) is 20.1 Å². The van der Waals surface area contributed by atoms with E-state index in [-0.39, 0.29) is 22.5 Å². The van der Waals surface area contributed by atoms with Crippen LogP contribution < -0.4 is 5.32 Å². The van der Waals surface area contributed by atoms with E-state index in [2.05, 4.69) is 5.32 Å². The van der Waals surface area contributed by atoms with Crippen molar-refractivity contribution in [2.24, 2.45) is 0 Å². The van der Waals surface area contributed by atoms with Gasteiger partial charge in [-0.25, -0.2) is 8.78 Å². The maximum absolute atomic E-state index is 13.2. The minimum absolute atomic E-state index is 0.0114. The van der Waals surface area contributed by atoms with Crippen LogP contribution in [-0.4, -0.2) is 37.0 Å². The van der Waals surface area contributed by atoms with Gasteiger partial charge in [0.05, 0.1) is 10.6 Å². The Labute approximate surface area is 115 Å². The minimum Gasteiger partial charge on any atom is -0.337 e. The number of amides is 1. The van der Waals surface area contributed by atoms with Crippen LogP contribution in [0.15, 0.2) is 12.1 Å². The molecule has 1 N–H and O–H groups in total. The third kappa shape index (κ3) is 3.04. The van der Waals surface area contributed by atoms with Crippen molar-refractivity contribution in [2.45, 2.75) is 18.9 Å². The second kappa shape index (κ2) is 5.84. The zero-order chi connectivity index (χ0) is 14.0. The molecule has 1 aliphatic rings. The zero-order valence-electron chi connectivity index (χ0n) is 10.5. The largest absolute Gasteiger partial charge is 0.337 e.